The summed E-state index contributed by atoms with van der Waals surface area (Å²) in [6.07, 6.45) is 2.74. The highest BCUT2D eigenvalue weighted by Gasteiger charge is 2.41. The number of rotatable bonds is 5. The minimum Gasteiger partial charge on any atom is -0.495 e. The SMILES string of the molecule is COc1cccnc1C(NN)C(C)(C)S(C)(=O)=O. The molecule has 7 heteroatoms. The summed E-state index contributed by atoms with van der Waals surface area (Å²) in [5.74, 6) is 6.00. The molecule has 6 nitrogen and oxygen atoms in total. The van der Waals surface area contributed by atoms with Gasteiger partial charge in [0.2, 0.25) is 0 Å². The van der Waals surface area contributed by atoms with Crippen LogP contribution in [0.5, 0.6) is 5.75 Å². The first-order valence-corrected chi connectivity index (χ1v) is 7.29. The fourth-order valence-corrected chi connectivity index (χ4v) is 2.22. The second-order valence-electron chi connectivity index (χ2n) is 4.57. The summed E-state index contributed by atoms with van der Waals surface area (Å²) in [4.78, 5) is 4.17. The Balaban J connectivity index is 3.35. The van der Waals surface area contributed by atoms with E-state index in [1.165, 1.54) is 13.4 Å². The number of aromatic nitrogens is 1. The molecular weight excluding hydrogens is 254 g/mol. The van der Waals surface area contributed by atoms with Gasteiger partial charge < -0.3 is 4.74 Å². The zero-order chi connectivity index (χ0) is 14.0. The molecule has 1 atom stereocenters. The molecule has 3 N–H and O–H groups in total. The van der Waals surface area contributed by atoms with E-state index in [9.17, 15) is 8.42 Å². The van der Waals surface area contributed by atoms with Gasteiger partial charge in [-0.25, -0.2) is 13.8 Å². The van der Waals surface area contributed by atoms with Crippen molar-refractivity contribution in [1.82, 2.24) is 10.4 Å². The number of sulfone groups is 1. The molecule has 1 rings (SSSR count). The minimum atomic E-state index is -3.32. The highest BCUT2D eigenvalue weighted by Crippen LogP contribution is 2.34. The molecule has 0 aliphatic heterocycles. The zero-order valence-corrected chi connectivity index (χ0v) is 11.8. The van der Waals surface area contributed by atoms with Crippen LogP contribution in [-0.2, 0) is 9.84 Å². The Bertz CT molecular complexity index is 514. The van der Waals surface area contributed by atoms with Crippen LogP contribution in [0.3, 0.4) is 0 Å². The molecule has 0 fully saturated rings. The zero-order valence-electron chi connectivity index (χ0n) is 11.0. The number of pyridine rings is 1. The van der Waals surface area contributed by atoms with Gasteiger partial charge in [0, 0.05) is 12.5 Å². The van der Waals surface area contributed by atoms with Crippen molar-refractivity contribution in [2.75, 3.05) is 13.4 Å². The van der Waals surface area contributed by atoms with E-state index >= 15 is 0 Å². The first-order chi connectivity index (χ1) is 8.25. The molecule has 0 saturated carbocycles. The second-order valence-corrected chi connectivity index (χ2v) is 7.16. The average Bonchev–Trinajstić information content (AvgIpc) is 2.29. The van der Waals surface area contributed by atoms with Crippen LogP contribution in [0, 0.1) is 0 Å². The smallest absolute Gasteiger partial charge is 0.154 e. The molecule has 0 aliphatic carbocycles. The summed E-state index contributed by atoms with van der Waals surface area (Å²) >= 11 is 0. The predicted molar refractivity (Wildman–Crippen MR) is 69.8 cm³/mol. The largest absolute Gasteiger partial charge is 0.495 e. The van der Waals surface area contributed by atoms with Crippen molar-refractivity contribution in [3.05, 3.63) is 24.0 Å². The van der Waals surface area contributed by atoms with E-state index in [0.29, 0.717) is 11.4 Å². The highest BCUT2D eigenvalue weighted by molar-refractivity contribution is 7.92. The van der Waals surface area contributed by atoms with Crippen LogP contribution in [0.4, 0.5) is 0 Å². The number of nitrogens with one attached hydrogen (secondary N) is 1. The third kappa shape index (κ3) is 2.63. The monoisotopic (exact) mass is 273 g/mol. The van der Waals surface area contributed by atoms with Crippen LogP contribution in [-0.4, -0.2) is 31.5 Å². The normalized spacial score (nSPS) is 14.3. The Morgan fingerprint density at radius 2 is 2.11 bits per heavy atom. The number of hydrazine groups is 1. The summed E-state index contributed by atoms with van der Waals surface area (Å²) in [5, 5.41) is 0. The number of hydrogen-bond donors (Lipinski definition) is 2. The van der Waals surface area contributed by atoms with Gasteiger partial charge in [-0.15, -0.1) is 0 Å². The second kappa shape index (κ2) is 5.21. The van der Waals surface area contributed by atoms with Crippen molar-refractivity contribution < 1.29 is 13.2 Å². The summed E-state index contributed by atoms with van der Waals surface area (Å²) < 4.78 is 27.8. The van der Waals surface area contributed by atoms with Gasteiger partial charge in [0.15, 0.2) is 9.84 Å². The summed E-state index contributed by atoms with van der Waals surface area (Å²) in [5.41, 5.74) is 2.99. The van der Waals surface area contributed by atoms with Crippen molar-refractivity contribution in [2.45, 2.75) is 24.6 Å². The van der Waals surface area contributed by atoms with Crippen LogP contribution in [0.15, 0.2) is 18.3 Å². The molecule has 0 bridgehead atoms. The molecule has 0 aliphatic rings. The molecule has 1 unspecified atom stereocenters. The Morgan fingerprint density at radius 1 is 1.50 bits per heavy atom. The highest BCUT2D eigenvalue weighted by atomic mass is 32.2. The van der Waals surface area contributed by atoms with Gasteiger partial charge in [0.25, 0.3) is 0 Å². The van der Waals surface area contributed by atoms with Gasteiger partial charge >= 0.3 is 0 Å². The number of nitrogens with zero attached hydrogens (tertiary/aromatic N) is 1. The molecule has 0 radical (unpaired) electrons. The lowest BCUT2D eigenvalue weighted by Gasteiger charge is -2.32. The van der Waals surface area contributed by atoms with Crippen molar-refractivity contribution in [3.8, 4) is 5.75 Å². The number of ether oxygens (including phenoxy) is 1. The number of hydrogen-bond acceptors (Lipinski definition) is 6. The van der Waals surface area contributed by atoms with E-state index in [0.717, 1.165) is 0 Å². The van der Waals surface area contributed by atoms with Gasteiger partial charge in [-0.1, -0.05) is 0 Å². The number of methoxy groups -OCH3 is 1. The molecule has 1 aromatic rings. The molecule has 0 amide bonds. The topological polar surface area (TPSA) is 94.3 Å². The molecule has 0 saturated heterocycles. The fourth-order valence-electron chi connectivity index (χ4n) is 1.62. The molecular formula is C11H19N3O3S. The van der Waals surface area contributed by atoms with Gasteiger partial charge in [-0.05, 0) is 26.0 Å². The average molecular weight is 273 g/mol. The van der Waals surface area contributed by atoms with Crippen molar-refractivity contribution in [3.63, 3.8) is 0 Å². The maximum Gasteiger partial charge on any atom is 0.154 e. The first kappa shape index (κ1) is 14.9. The molecule has 102 valence electrons. The summed E-state index contributed by atoms with van der Waals surface area (Å²) in [6, 6.07) is 2.76. The van der Waals surface area contributed by atoms with Crippen LogP contribution in [0.25, 0.3) is 0 Å². The maximum atomic E-state index is 11.9. The Labute approximate surface area is 107 Å². The first-order valence-electron chi connectivity index (χ1n) is 5.40. The predicted octanol–water partition coefficient (Wildman–Crippen LogP) is 0.418. The number of nitrogens with two attached hydrogens (primary N) is 1. The van der Waals surface area contributed by atoms with E-state index in [4.69, 9.17) is 10.6 Å². The molecule has 18 heavy (non-hydrogen) atoms. The van der Waals surface area contributed by atoms with Crippen molar-refractivity contribution in [2.24, 2.45) is 5.84 Å². The third-order valence-corrected chi connectivity index (χ3v) is 5.26. The van der Waals surface area contributed by atoms with E-state index in [2.05, 4.69) is 10.4 Å². The van der Waals surface area contributed by atoms with Crippen LogP contribution < -0.4 is 16.0 Å². The quantitative estimate of drug-likeness (QED) is 0.596. The van der Waals surface area contributed by atoms with Crippen molar-refractivity contribution >= 4 is 9.84 Å². The summed E-state index contributed by atoms with van der Waals surface area (Å²) in [7, 11) is -1.82. The standard InChI is InChI=1S/C11H19N3O3S/c1-11(2,18(4,15)16)10(14-12)9-8(17-3)6-5-7-13-9/h5-7,10,14H,12H2,1-4H3. The Hall–Kier alpha value is -1.18. The minimum absolute atomic E-state index is 0.470. The van der Waals surface area contributed by atoms with Gasteiger partial charge in [0.1, 0.15) is 11.4 Å². The van der Waals surface area contributed by atoms with E-state index in [1.807, 2.05) is 0 Å². The van der Waals surface area contributed by atoms with Crippen LogP contribution >= 0.6 is 0 Å². The Kier molecular flexibility index (Phi) is 4.31. The Morgan fingerprint density at radius 3 is 2.56 bits per heavy atom. The van der Waals surface area contributed by atoms with E-state index in [1.54, 1.807) is 32.2 Å². The lowest BCUT2D eigenvalue weighted by Crippen LogP contribution is -2.47. The summed E-state index contributed by atoms with van der Waals surface area (Å²) in [6.45, 7) is 3.20. The van der Waals surface area contributed by atoms with E-state index in [-0.39, 0.29) is 0 Å². The van der Waals surface area contributed by atoms with Crippen LogP contribution in [0.2, 0.25) is 0 Å². The van der Waals surface area contributed by atoms with Gasteiger partial charge in [-0.2, -0.15) is 0 Å². The van der Waals surface area contributed by atoms with Crippen LogP contribution in [0.1, 0.15) is 25.6 Å². The molecule has 1 aromatic heterocycles. The lowest BCUT2D eigenvalue weighted by atomic mass is 9.99. The lowest BCUT2D eigenvalue weighted by molar-refractivity contribution is 0.371. The third-order valence-electron chi connectivity index (χ3n) is 3.11. The maximum absolute atomic E-state index is 11.9. The van der Waals surface area contributed by atoms with Crippen molar-refractivity contribution in [1.29, 1.82) is 0 Å². The van der Waals surface area contributed by atoms with Gasteiger partial charge in [-0.3, -0.25) is 10.8 Å². The molecule has 0 spiro atoms. The molecule has 0 aromatic carbocycles. The molecule has 1 heterocycles. The van der Waals surface area contributed by atoms with Gasteiger partial charge in [0.05, 0.1) is 17.9 Å². The van der Waals surface area contributed by atoms with E-state index < -0.39 is 20.6 Å². The fraction of sp³-hybridized carbons (Fsp3) is 0.545.